The maximum Gasteiger partial charge on any atom is 0.248 e. The van der Waals surface area contributed by atoms with Gasteiger partial charge in [-0.2, -0.15) is 15.1 Å². The second-order valence-corrected chi connectivity index (χ2v) is 7.08. The molecule has 6 N–H and O–H groups in total. The number of aryl methyl sites for hydroxylation is 2. The summed E-state index contributed by atoms with van der Waals surface area (Å²) >= 11 is 0. The molecule has 0 bridgehead atoms. The fraction of sp³-hybridized carbons (Fsp3) is 0.200. The van der Waals surface area contributed by atoms with Gasteiger partial charge in [-0.25, -0.2) is 9.67 Å². The number of aromatic nitrogens is 6. The van der Waals surface area contributed by atoms with Gasteiger partial charge in [0.05, 0.1) is 12.0 Å². The molecule has 0 unspecified atom stereocenters. The van der Waals surface area contributed by atoms with Crippen molar-refractivity contribution in [3.05, 3.63) is 47.9 Å². The summed E-state index contributed by atoms with van der Waals surface area (Å²) in [7, 11) is 0. The zero-order valence-corrected chi connectivity index (χ0v) is 17.5. The number of anilines is 4. The van der Waals surface area contributed by atoms with Crippen molar-refractivity contribution in [2.45, 2.75) is 26.9 Å². The lowest BCUT2D eigenvalue weighted by atomic mass is 10.2. The van der Waals surface area contributed by atoms with Crippen molar-refractivity contribution in [1.29, 1.82) is 0 Å². The summed E-state index contributed by atoms with van der Waals surface area (Å²) in [5, 5.41) is 10.3. The van der Waals surface area contributed by atoms with E-state index in [1.807, 2.05) is 13.8 Å². The van der Waals surface area contributed by atoms with Gasteiger partial charge in [0.25, 0.3) is 0 Å². The van der Waals surface area contributed by atoms with Crippen molar-refractivity contribution in [1.82, 2.24) is 29.3 Å². The Morgan fingerprint density at radius 2 is 1.91 bits per heavy atom. The zero-order chi connectivity index (χ0) is 22.8. The number of imidazole rings is 1. The Morgan fingerprint density at radius 1 is 1.16 bits per heavy atom. The van der Waals surface area contributed by atoms with E-state index >= 15 is 0 Å². The molecule has 1 aromatic carbocycles. The maximum absolute atomic E-state index is 12.6. The number of primary amides is 1. The van der Waals surface area contributed by atoms with Gasteiger partial charge in [-0.05, 0) is 38.1 Å². The molecule has 32 heavy (non-hydrogen) atoms. The molecule has 0 radical (unpaired) electrons. The van der Waals surface area contributed by atoms with Crippen molar-refractivity contribution in [2.75, 3.05) is 16.4 Å². The lowest BCUT2D eigenvalue weighted by Crippen LogP contribution is -2.20. The number of hydrogen-bond donors (Lipinski definition) is 4. The lowest BCUT2D eigenvalue weighted by Gasteiger charge is -2.09. The topological polar surface area (TPSA) is 172 Å². The number of nitrogens with one attached hydrogen (secondary N) is 2. The highest BCUT2D eigenvalue weighted by Gasteiger charge is 2.16. The average molecular weight is 434 g/mol. The van der Waals surface area contributed by atoms with Crippen LogP contribution in [0, 0.1) is 6.92 Å². The van der Waals surface area contributed by atoms with Crippen LogP contribution in [-0.2, 0) is 17.9 Å². The van der Waals surface area contributed by atoms with Gasteiger partial charge in [0.1, 0.15) is 12.4 Å². The third-order valence-corrected chi connectivity index (χ3v) is 4.70. The van der Waals surface area contributed by atoms with Crippen LogP contribution in [0.4, 0.5) is 23.3 Å². The largest absolute Gasteiger partial charge is 0.368 e. The molecule has 3 aromatic heterocycles. The van der Waals surface area contributed by atoms with Gasteiger partial charge in [-0.1, -0.05) is 0 Å². The molecule has 3 heterocycles. The molecule has 0 aliphatic rings. The second kappa shape index (κ2) is 8.34. The van der Waals surface area contributed by atoms with E-state index in [-0.39, 0.29) is 18.4 Å². The zero-order valence-electron chi connectivity index (χ0n) is 17.5. The number of amides is 2. The Bertz CT molecular complexity index is 1310. The van der Waals surface area contributed by atoms with Gasteiger partial charge in [-0.15, -0.1) is 0 Å². The van der Waals surface area contributed by atoms with E-state index in [0.29, 0.717) is 40.6 Å². The van der Waals surface area contributed by atoms with Crippen LogP contribution in [-0.4, -0.2) is 41.1 Å². The van der Waals surface area contributed by atoms with Crippen molar-refractivity contribution in [3.8, 4) is 0 Å². The van der Waals surface area contributed by atoms with Crippen molar-refractivity contribution in [3.63, 3.8) is 0 Å². The van der Waals surface area contributed by atoms with Crippen LogP contribution in [0.25, 0.3) is 11.2 Å². The minimum Gasteiger partial charge on any atom is -0.368 e. The van der Waals surface area contributed by atoms with E-state index in [1.165, 1.54) is 6.33 Å². The Labute approximate surface area is 182 Å². The summed E-state index contributed by atoms with van der Waals surface area (Å²) in [5.41, 5.74) is 13.9. The predicted molar refractivity (Wildman–Crippen MR) is 119 cm³/mol. The number of hydrogen-bond acceptors (Lipinski definition) is 8. The van der Waals surface area contributed by atoms with E-state index in [0.717, 1.165) is 5.69 Å². The van der Waals surface area contributed by atoms with Crippen LogP contribution in [0.2, 0.25) is 0 Å². The first-order chi connectivity index (χ1) is 15.3. The number of carbonyl (C=O) groups is 2. The lowest BCUT2D eigenvalue weighted by molar-refractivity contribution is -0.116. The smallest absolute Gasteiger partial charge is 0.248 e. The van der Waals surface area contributed by atoms with E-state index in [4.69, 9.17) is 11.5 Å². The summed E-state index contributed by atoms with van der Waals surface area (Å²) in [5.74, 6) is 0.246. The monoisotopic (exact) mass is 434 g/mol. The number of fused-ring (bicyclic) bond motifs is 1. The molecule has 2 amide bonds. The fourth-order valence-electron chi connectivity index (χ4n) is 3.24. The van der Waals surface area contributed by atoms with E-state index in [2.05, 4.69) is 30.7 Å². The molecule has 0 saturated heterocycles. The second-order valence-electron chi connectivity index (χ2n) is 7.08. The summed E-state index contributed by atoms with van der Waals surface area (Å²) in [6.45, 7) is 4.42. The molecular formula is C20H22N10O2. The molecule has 0 fully saturated rings. The molecule has 0 atom stereocenters. The number of nitrogens with two attached hydrogens (primary N) is 2. The maximum atomic E-state index is 12.6. The molecule has 0 aliphatic heterocycles. The molecule has 0 spiro atoms. The highest BCUT2D eigenvalue weighted by Crippen LogP contribution is 2.24. The highest BCUT2D eigenvalue weighted by atomic mass is 16.2. The van der Waals surface area contributed by atoms with Gasteiger partial charge in [0.2, 0.25) is 17.8 Å². The number of carbonyl (C=O) groups excluding carboxylic acids is 2. The van der Waals surface area contributed by atoms with E-state index < -0.39 is 5.91 Å². The Balaban J connectivity index is 1.57. The van der Waals surface area contributed by atoms with Crippen molar-refractivity contribution in [2.24, 2.45) is 5.73 Å². The SMILES string of the molecule is CCn1nc(C)cc1NC(=O)Cn1cnc2c(Nc3ccc(C(N)=O)cc3)nc(N)nc21. The molecular weight excluding hydrogens is 412 g/mol. The van der Waals surface area contributed by atoms with Gasteiger partial charge < -0.3 is 26.7 Å². The Kier molecular flexibility index (Phi) is 5.41. The Morgan fingerprint density at radius 3 is 2.59 bits per heavy atom. The van der Waals surface area contributed by atoms with Crippen LogP contribution in [0.5, 0.6) is 0 Å². The Hall–Kier alpha value is -4.48. The predicted octanol–water partition coefficient (Wildman–Crippen LogP) is 1.41. The third kappa shape index (κ3) is 4.19. The minimum atomic E-state index is -0.514. The number of rotatable bonds is 7. The van der Waals surface area contributed by atoms with Gasteiger partial charge >= 0.3 is 0 Å². The van der Waals surface area contributed by atoms with Crippen LogP contribution in [0.1, 0.15) is 23.0 Å². The minimum absolute atomic E-state index is 0.0202. The molecule has 12 nitrogen and oxygen atoms in total. The van der Waals surface area contributed by atoms with E-state index in [9.17, 15) is 9.59 Å². The first-order valence-corrected chi connectivity index (χ1v) is 9.83. The van der Waals surface area contributed by atoms with Crippen molar-refractivity contribution < 1.29 is 9.59 Å². The first kappa shape index (κ1) is 20.8. The first-order valence-electron chi connectivity index (χ1n) is 9.83. The summed E-state index contributed by atoms with van der Waals surface area (Å²) in [6, 6.07) is 8.37. The number of nitrogen functional groups attached to an aromatic ring is 1. The summed E-state index contributed by atoms with van der Waals surface area (Å²) in [6.07, 6.45) is 1.50. The summed E-state index contributed by atoms with van der Waals surface area (Å²) < 4.78 is 3.30. The van der Waals surface area contributed by atoms with Crippen LogP contribution in [0.3, 0.4) is 0 Å². The summed E-state index contributed by atoms with van der Waals surface area (Å²) in [4.78, 5) is 36.7. The molecule has 0 saturated carbocycles. The molecule has 4 aromatic rings. The number of nitrogens with zero attached hydrogens (tertiary/aromatic N) is 6. The normalized spacial score (nSPS) is 10.9. The molecule has 4 rings (SSSR count). The average Bonchev–Trinajstić information content (AvgIpc) is 3.31. The third-order valence-electron chi connectivity index (χ3n) is 4.70. The van der Waals surface area contributed by atoms with Crippen LogP contribution < -0.4 is 22.1 Å². The van der Waals surface area contributed by atoms with E-state index in [1.54, 1.807) is 39.6 Å². The number of benzene rings is 1. The molecule has 164 valence electrons. The molecule has 12 heteroatoms. The van der Waals surface area contributed by atoms with Crippen molar-refractivity contribution >= 4 is 46.2 Å². The quantitative estimate of drug-likeness (QED) is 0.338. The fourth-order valence-corrected chi connectivity index (χ4v) is 3.24. The van der Waals surface area contributed by atoms with Gasteiger partial charge in [0, 0.05) is 23.9 Å². The standard InChI is InChI=1S/C20H22N10O2/c1-3-30-14(8-11(2)28-30)25-15(31)9-29-10-23-16-18(26-20(22)27-19(16)29)24-13-6-4-12(5-7-13)17(21)32/h4-8,10H,3,9H2,1-2H3,(H2,21,32)(H,25,31)(H3,22,24,26,27). The van der Waals surface area contributed by atoms with Crippen LogP contribution in [0.15, 0.2) is 36.7 Å². The van der Waals surface area contributed by atoms with Gasteiger partial charge in [0.15, 0.2) is 17.0 Å². The van der Waals surface area contributed by atoms with Crippen LogP contribution >= 0.6 is 0 Å². The van der Waals surface area contributed by atoms with Gasteiger partial charge in [-0.3, -0.25) is 9.59 Å². The highest BCUT2D eigenvalue weighted by molar-refractivity contribution is 5.94. The molecule has 0 aliphatic carbocycles.